The van der Waals surface area contributed by atoms with Crippen LogP contribution in [0.1, 0.15) is 12.0 Å². The molecule has 6 heteroatoms. The fourth-order valence-corrected chi connectivity index (χ4v) is 4.01. The summed E-state index contributed by atoms with van der Waals surface area (Å²) in [5.74, 6) is 1.57. The SMILES string of the molecule is O=C(Cc1c[nH]c2cc(Cl)ccc12)NCC1(O)CCSC1. The van der Waals surface area contributed by atoms with E-state index in [0.29, 0.717) is 23.7 Å². The number of carbonyl (C=O) groups excluding carboxylic acids is 1. The van der Waals surface area contributed by atoms with Gasteiger partial charge in [0.05, 0.1) is 12.0 Å². The molecule has 0 saturated carbocycles. The molecule has 0 aliphatic carbocycles. The van der Waals surface area contributed by atoms with Gasteiger partial charge in [-0.1, -0.05) is 17.7 Å². The molecule has 3 N–H and O–H groups in total. The van der Waals surface area contributed by atoms with Crippen LogP contribution in [-0.4, -0.2) is 39.6 Å². The van der Waals surface area contributed by atoms with Crippen LogP contribution in [0.25, 0.3) is 10.9 Å². The fourth-order valence-electron chi connectivity index (χ4n) is 2.54. The number of carbonyl (C=O) groups is 1. The van der Waals surface area contributed by atoms with Gasteiger partial charge in [-0.25, -0.2) is 0 Å². The number of amides is 1. The van der Waals surface area contributed by atoms with Gasteiger partial charge in [0.15, 0.2) is 0 Å². The van der Waals surface area contributed by atoms with E-state index in [9.17, 15) is 9.90 Å². The zero-order valence-electron chi connectivity index (χ0n) is 11.5. The van der Waals surface area contributed by atoms with E-state index in [1.165, 1.54) is 0 Å². The van der Waals surface area contributed by atoms with E-state index in [0.717, 1.165) is 28.6 Å². The summed E-state index contributed by atoms with van der Waals surface area (Å²) in [4.78, 5) is 15.2. The van der Waals surface area contributed by atoms with Crippen molar-refractivity contribution in [3.05, 3.63) is 35.0 Å². The molecule has 1 atom stereocenters. The fraction of sp³-hybridized carbons (Fsp3) is 0.400. The summed E-state index contributed by atoms with van der Waals surface area (Å²) >= 11 is 7.66. The molecule has 0 radical (unpaired) electrons. The summed E-state index contributed by atoms with van der Waals surface area (Å²) in [6.45, 7) is 0.326. The van der Waals surface area contributed by atoms with Crippen molar-refractivity contribution in [3.63, 3.8) is 0 Å². The van der Waals surface area contributed by atoms with Crippen LogP contribution < -0.4 is 5.32 Å². The first-order valence-electron chi connectivity index (χ1n) is 6.88. The summed E-state index contributed by atoms with van der Waals surface area (Å²) < 4.78 is 0. The summed E-state index contributed by atoms with van der Waals surface area (Å²) in [7, 11) is 0. The Bertz CT molecular complexity index is 665. The molecule has 3 rings (SSSR count). The topological polar surface area (TPSA) is 65.1 Å². The van der Waals surface area contributed by atoms with Crippen LogP contribution >= 0.6 is 23.4 Å². The van der Waals surface area contributed by atoms with Gasteiger partial charge in [-0.3, -0.25) is 4.79 Å². The molecule has 1 aromatic carbocycles. The molecule has 1 aliphatic heterocycles. The van der Waals surface area contributed by atoms with Crippen molar-refractivity contribution in [1.82, 2.24) is 10.3 Å². The lowest BCUT2D eigenvalue weighted by Crippen LogP contribution is -2.43. The van der Waals surface area contributed by atoms with Crippen LogP contribution in [0.15, 0.2) is 24.4 Å². The third-order valence-corrected chi connectivity index (χ3v) is 5.25. The number of nitrogens with one attached hydrogen (secondary N) is 2. The summed E-state index contributed by atoms with van der Waals surface area (Å²) in [6, 6.07) is 5.58. The van der Waals surface area contributed by atoms with E-state index in [4.69, 9.17) is 11.6 Å². The number of hydrogen-bond donors (Lipinski definition) is 3. The summed E-state index contributed by atoms with van der Waals surface area (Å²) in [6.07, 6.45) is 2.87. The van der Waals surface area contributed by atoms with E-state index in [2.05, 4.69) is 10.3 Å². The molecule has 1 amide bonds. The lowest BCUT2D eigenvalue weighted by molar-refractivity contribution is -0.121. The molecular weight excluding hydrogens is 308 g/mol. The Morgan fingerprint density at radius 1 is 1.52 bits per heavy atom. The standard InChI is InChI=1S/C15H17ClN2O2S/c16-11-1-2-12-10(7-17-13(12)6-11)5-14(19)18-8-15(20)3-4-21-9-15/h1-2,6-7,17,20H,3-5,8-9H2,(H,18,19). The van der Waals surface area contributed by atoms with Gasteiger partial charge in [-0.15, -0.1) is 0 Å². The second kappa shape index (κ2) is 5.91. The zero-order chi connectivity index (χ0) is 14.9. The Kier molecular flexibility index (Phi) is 4.15. The Balaban J connectivity index is 1.63. The number of rotatable bonds is 4. The van der Waals surface area contributed by atoms with Crippen LogP contribution in [0, 0.1) is 0 Å². The van der Waals surface area contributed by atoms with Gasteiger partial charge < -0.3 is 15.4 Å². The van der Waals surface area contributed by atoms with E-state index in [-0.39, 0.29) is 5.91 Å². The van der Waals surface area contributed by atoms with Crippen molar-refractivity contribution >= 4 is 40.2 Å². The largest absolute Gasteiger partial charge is 0.387 e. The number of aliphatic hydroxyl groups is 1. The molecule has 4 nitrogen and oxygen atoms in total. The van der Waals surface area contributed by atoms with Crippen LogP contribution in [-0.2, 0) is 11.2 Å². The zero-order valence-corrected chi connectivity index (χ0v) is 13.1. The highest BCUT2D eigenvalue weighted by Crippen LogP contribution is 2.27. The van der Waals surface area contributed by atoms with Gasteiger partial charge in [0.1, 0.15) is 0 Å². The Labute approximate surface area is 132 Å². The molecule has 1 saturated heterocycles. The third kappa shape index (κ3) is 3.36. The number of H-pyrrole nitrogens is 1. The smallest absolute Gasteiger partial charge is 0.224 e. The third-order valence-electron chi connectivity index (χ3n) is 3.78. The molecule has 21 heavy (non-hydrogen) atoms. The monoisotopic (exact) mass is 324 g/mol. The van der Waals surface area contributed by atoms with Crippen molar-refractivity contribution in [2.75, 3.05) is 18.1 Å². The van der Waals surface area contributed by atoms with E-state index in [1.807, 2.05) is 24.4 Å². The van der Waals surface area contributed by atoms with Crippen LogP contribution in [0.2, 0.25) is 5.02 Å². The number of hydrogen-bond acceptors (Lipinski definition) is 3. The maximum Gasteiger partial charge on any atom is 0.224 e. The normalized spacial score (nSPS) is 21.8. The molecule has 1 unspecified atom stereocenters. The molecular formula is C15H17ClN2O2S. The van der Waals surface area contributed by atoms with Crippen molar-refractivity contribution in [2.45, 2.75) is 18.4 Å². The Morgan fingerprint density at radius 2 is 2.38 bits per heavy atom. The molecule has 112 valence electrons. The van der Waals surface area contributed by atoms with E-state index < -0.39 is 5.60 Å². The number of halogens is 1. The van der Waals surface area contributed by atoms with Gasteiger partial charge in [0.25, 0.3) is 0 Å². The number of aromatic amines is 1. The molecule has 1 aromatic heterocycles. The van der Waals surface area contributed by atoms with Gasteiger partial charge >= 0.3 is 0 Å². The van der Waals surface area contributed by atoms with Crippen LogP contribution in [0.4, 0.5) is 0 Å². The minimum Gasteiger partial charge on any atom is -0.387 e. The van der Waals surface area contributed by atoms with Crippen LogP contribution in [0.5, 0.6) is 0 Å². The average molecular weight is 325 g/mol. The molecule has 0 spiro atoms. The minimum absolute atomic E-state index is 0.0730. The number of aromatic nitrogens is 1. The molecule has 2 aromatic rings. The van der Waals surface area contributed by atoms with Crippen molar-refractivity contribution in [2.24, 2.45) is 0 Å². The van der Waals surface area contributed by atoms with Crippen molar-refractivity contribution < 1.29 is 9.90 Å². The Hall–Kier alpha value is -1.17. The van der Waals surface area contributed by atoms with E-state index in [1.54, 1.807) is 11.8 Å². The van der Waals surface area contributed by atoms with Crippen LogP contribution in [0.3, 0.4) is 0 Å². The molecule has 1 aliphatic rings. The number of benzene rings is 1. The van der Waals surface area contributed by atoms with Gasteiger partial charge in [0.2, 0.25) is 5.91 Å². The lowest BCUT2D eigenvalue weighted by atomic mass is 10.0. The predicted octanol–water partition coefficient (Wildman–Crippen LogP) is 2.35. The first-order chi connectivity index (χ1) is 10.1. The lowest BCUT2D eigenvalue weighted by Gasteiger charge is -2.21. The maximum absolute atomic E-state index is 12.1. The summed E-state index contributed by atoms with van der Waals surface area (Å²) in [5.41, 5.74) is 1.12. The first-order valence-corrected chi connectivity index (χ1v) is 8.41. The highest BCUT2D eigenvalue weighted by Gasteiger charge is 2.31. The minimum atomic E-state index is -0.742. The highest BCUT2D eigenvalue weighted by atomic mass is 35.5. The average Bonchev–Trinajstić information content (AvgIpc) is 3.04. The first kappa shape index (κ1) is 14.8. The summed E-state index contributed by atoms with van der Waals surface area (Å²) in [5, 5.41) is 14.7. The second-order valence-corrected chi connectivity index (χ2v) is 7.03. The quantitative estimate of drug-likeness (QED) is 0.809. The molecule has 1 fully saturated rings. The highest BCUT2D eigenvalue weighted by molar-refractivity contribution is 7.99. The van der Waals surface area contributed by atoms with Crippen molar-refractivity contribution in [1.29, 1.82) is 0 Å². The van der Waals surface area contributed by atoms with Gasteiger partial charge in [-0.05, 0) is 29.9 Å². The van der Waals surface area contributed by atoms with Gasteiger partial charge in [-0.2, -0.15) is 11.8 Å². The van der Waals surface area contributed by atoms with Crippen molar-refractivity contribution in [3.8, 4) is 0 Å². The number of fused-ring (bicyclic) bond motifs is 1. The predicted molar refractivity (Wildman–Crippen MR) is 86.9 cm³/mol. The second-order valence-electron chi connectivity index (χ2n) is 5.48. The van der Waals surface area contributed by atoms with Gasteiger partial charge in [0, 0.05) is 34.4 Å². The number of thioether (sulfide) groups is 1. The maximum atomic E-state index is 12.1. The van der Waals surface area contributed by atoms with E-state index >= 15 is 0 Å². The molecule has 0 bridgehead atoms. The Morgan fingerprint density at radius 3 is 3.14 bits per heavy atom. The molecule has 2 heterocycles.